The molecule has 3 N–H and O–H groups in total. The number of anilines is 1. The number of rotatable bonds is 6. The van der Waals surface area contributed by atoms with Gasteiger partial charge in [-0.1, -0.05) is 36.4 Å². The van der Waals surface area contributed by atoms with Gasteiger partial charge in [0, 0.05) is 28.9 Å². The first kappa shape index (κ1) is 23.0. The number of aromatic amines is 2. The van der Waals surface area contributed by atoms with E-state index in [0.29, 0.717) is 17.9 Å². The van der Waals surface area contributed by atoms with Gasteiger partial charge in [0.25, 0.3) is 0 Å². The molecule has 0 atom stereocenters. The van der Waals surface area contributed by atoms with Crippen molar-refractivity contribution in [2.45, 2.75) is 6.42 Å². The standard InChI is InChI=1S/C30H21N7OS/c38-27(10-18-4-2-1-3-5-18)33-22-11-21(13-31-14-22)19-6-7-25-23(12-19)29(37-36-25)30-34-26-16-32-15-24(28(26)35-30)20-8-9-39-17-20/h1-9,11-17H,10H2,(H,33,38)(H,34,35)(H,36,37). The average Bonchev–Trinajstić information content (AvgIpc) is 3.73. The van der Waals surface area contributed by atoms with Crippen LogP contribution in [-0.4, -0.2) is 36.0 Å². The van der Waals surface area contributed by atoms with E-state index in [2.05, 4.69) is 48.0 Å². The van der Waals surface area contributed by atoms with E-state index in [0.717, 1.165) is 55.4 Å². The van der Waals surface area contributed by atoms with E-state index in [1.54, 1.807) is 29.9 Å². The van der Waals surface area contributed by atoms with Gasteiger partial charge in [0.15, 0.2) is 5.82 Å². The van der Waals surface area contributed by atoms with Gasteiger partial charge in [-0.05, 0) is 51.7 Å². The lowest BCUT2D eigenvalue weighted by molar-refractivity contribution is -0.115. The van der Waals surface area contributed by atoms with Crippen molar-refractivity contribution in [2.24, 2.45) is 0 Å². The number of amides is 1. The van der Waals surface area contributed by atoms with Crippen LogP contribution in [0, 0.1) is 0 Å². The molecular weight excluding hydrogens is 506 g/mol. The van der Waals surface area contributed by atoms with Crippen molar-refractivity contribution in [1.29, 1.82) is 0 Å². The van der Waals surface area contributed by atoms with Crippen LogP contribution in [0.2, 0.25) is 0 Å². The minimum atomic E-state index is -0.0890. The fraction of sp³-hybridized carbons (Fsp3) is 0.0333. The van der Waals surface area contributed by atoms with Gasteiger partial charge < -0.3 is 10.3 Å². The molecular formula is C30H21N7OS. The molecule has 7 aromatic rings. The highest BCUT2D eigenvalue weighted by Gasteiger charge is 2.16. The third-order valence-corrected chi connectivity index (χ3v) is 7.26. The highest BCUT2D eigenvalue weighted by molar-refractivity contribution is 7.08. The molecule has 5 aromatic heterocycles. The monoisotopic (exact) mass is 527 g/mol. The van der Waals surface area contributed by atoms with Crippen LogP contribution in [0.25, 0.3) is 55.7 Å². The molecule has 188 valence electrons. The van der Waals surface area contributed by atoms with Gasteiger partial charge in [0.05, 0.1) is 35.5 Å². The van der Waals surface area contributed by atoms with Crippen molar-refractivity contribution in [2.75, 3.05) is 5.32 Å². The number of aromatic nitrogens is 6. The second-order valence-corrected chi connectivity index (χ2v) is 9.97. The summed E-state index contributed by atoms with van der Waals surface area (Å²) < 4.78 is 0. The quantitative estimate of drug-likeness (QED) is 0.229. The van der Waals surface area contributed by atoms with Gasteiger partial charge in [-0.25, -0.2) is 4.98 Å². The number of nitrogens with one attached hydrogen (secondary N) is 3. The summed E-state index contributed by atoms with van der Waals surface area (Å²) >= 11 is 1.64. The Morgan fingerprint density at radius 1 is 0.872 bits per heavy atom. The van der Waals surface area contributed by atoms with E-state index in [9.17, 15) is 4.79 Å². The molecule has 1 amide bonds. The Labute approximate surface area is 226 Å². The number of imidazole rings is 1. The number of benzene rings is 2. The number of pyridine rings is 2. The Morgan fingerprint density at radius 2 is 1.77 bits per heavy atom. The van der Waals surface area contributed by atoms with Crippen molar-refractivity contribution >= 4 is 44.9 Å². The van der Waals surface area contributed by atoms with Crippen LogP contribution in [0.15, 0.2) is 96.2 Å². The molecule has 0 bridgehead atoms. The lowest BCUT2D eigenvalue weighted by Gasteiger charge is -2.08. The molecule has 2 aromatic carbocycles. The maximum Gasteiger partial charge on any atom is 0.228 e. The summed E-state index contributed by atoms with van der Waals surface area (Å²) in [5, 5.41) is 15.7. The van der Waals surface area contributed by atoms with Crippen molar-refractivity contribution in [3.05, 3.63) is 102 Å². The number of fused-ring (bicyclic) bond motifs is 2. The number of nitrogens with zero attached hydrogens (tertiary/aromatic N) is 4. The molecule has 0 aliphatic carbocycles. The SMILES string of the molecule is O=C(Cc1ccccc1)Nc1cncc(-c2ccc3[nH]nc(-c4nc5c(-c6ccsc6)cncc5[nH]4)c3c2)c1. The zero-order valence-electron chi connectivity index (χ0n) is 20.6. The highest BCUT2D eigenvalue weighted by atomic mass is 32.1. The summed E-state index contributed by atoms with van der Waals surface area (Å²) in [4.78, 5) is 29.6. The van der Waals surface area contributed by atoms with Crippen molar-refractivity contribution in [1.82, 2.24) is 30.1 Å². The molecule has 0 spiro atoms. The number of hydrogen-bond acceptors (Lipinski definition) is 6. The molecule has 0 fully saturated rings. The van der Waals surface area contributed by atoms with Crippen LogP contribution in [0.4, 0.5) is 5.69 Å². The smallest absolute Gasteiger partial charge is 0.228 e. The molecule has 7 rings (SSSR count). The molecule has 8 nitrogen and oxygen atoms in total. The van der Waals surface area contributed by atoms with Crippen LogP contribution in [0.3, 0.4) is 0 Å². The Bertz CT molecular complexity index is 1940. The highest BCUT2D eigenvalue weighted by Crippen LogP contribution is 2.33. The van der Waals surface area contributed by atoms with Gasteiger partial charge >= 0.3 is 0 Å². The predicted molar refractivity (Wildman–Crippen MR) is 154 cm³/mol. The van der Waals surface area contributed by atoms with Crippen LogP contribution < -0.4 is 5.32 Å². The van der Waals surface area contributed by atoms with Gasteiger partial charge in [0.2, 0.25) is 5.91 Å². The van der Waals surface area contributed by atoms with Crippen molar-refractivity contribution in [3.63, 3.8) is 0 Å². The number of carbonyl (C=O) groups is 1. The second-order valence-electron chi connectivity index (χ2n) is 9.19. The first-order chi connectivity index (χ1) is 19.2. The molecule has 0 radical (unpaired) electrons. The molecule has 0 saturated carbocycles. The van der Waals surface area contributed by atoms with E-state index in [4.69, 9.17) is 4.98 Å². The summed E-state index contributed by atoms with van der Waals surface area (Å²) in [6, 6.07) is 19.7. The molecule has 0 unspecified atom stereocenters. The summed E-state index contributed by atoms with van der Waals surface area (Å²) in [7, 11) is 0. The largest absolute Gasteiger partial charge is 0.335 e. The van der Waals surface area contributed by atoms with E-state index in [-0.39, 0.29) is 5.91 Å². The summed E-state index contributed by atoms with van der Waals surface area (Å²) in [6.45, 7) is 0. The molecule has 0 aliphatic heterocycles. The molecule has 39 heavy (non-hydrogen) atoms. The van der Waals surface area contributed by atoms with Crippen LogP contribution in [-0.2, 0) is 11.2 Å². The number of carbonyl (C=O) groups excluding carboxylic acids is 1. The maximum atomic E-state index is 12.6. The Kier molecular flexibility index (Phi) is 5.68. The Balaban J connectivity index is 1.21. The molecule has 0 aliphatic rings. The Hall–Kier alpha value is -5.15. The number of hydrogen-bond donors (Lipinski definition) is 3. The lowest BCUT2D eigenvalue weighted by atomic mass is 10.0. The van der Waals surface area contributed by atoms with Gasteiger partial charge in [-0.3, -0.25) is 19.9 Å². The summed E-state index contributed by atoms with van der Waals surface area (Å²) in [5.41, 5.74) is 8.84. The average molecular weight is 528 g/mol. The van der Waals surface area contributed by atoms with Crippen LogP contribution >= 0.6 is 11.3 Å². The van der Waals surface area contributed by atoms with Gasteiger partial charge in [0.1, 0.15) is 11.2 Å². The normalized spacial score (nSPS) is 11.3. The van der Waals surface area contributed by atoms with Crippen molar-refractivity contribution in [3.8, 4) is 33.8 Å². The number of thiophene rings is 1. The van der Waals surface area contributed by atoms with E-state index in [1.165, 1.54) is 0 Å². The zero-order valence-corrected chi connectivity index (χ0v) is 21.4. The van der Waals surface area contributed by atoms with Crippen LogP contribution in [0.5, 0.6) is 0 Å². The van der Waals surface area contributed by atoms with E-state index < -0.39 is 0 Å². The van der Waals surface area contributed by atoms with Crippen LogP contribution in [0.1, 0.15) is 5.56 Å². The minimum absolute atomic E-state index is 0.0890. The fourth-order valence-corrected chi connectivity index (χ4v) is 5.36. The van der Waals surface area contributed by atoms with Gasteiger partial charge in [-0.15, -0.1) is 0 Å². The fourth-order valence-electron chi connectivity index (χ4n) is 4.70. The molecule has 5 heterocycles. The third kappa shape index (κ3) is 4.45. The van der Waals surface area contributed by atoms with Gasteiger partial charge in [-0.2, -0.15) is 16.4 Å². The third-order valence-electron chi connectivity index (χ3n) is 6.58. The van der Waals surface area contributed by atoms with Crippen molar-refractivity contribution < 1.29 is 4.79 Å². The summed E-state index contributed by atoms with van der Waals surface area (Å²) in [5.74, 6) is 0.576. The minimum Gasteiger partial charge on any atom is -0.335 e. The molecule has 0 saturated heterocycles. The van der Waals surface area contributed by atoms with E-state index >= 15 is 0 Å². The predicted octanol–water partition coefficient (Wildman–Crippen LogP) is 6.47. The lowest BCUT2D eigenvalue weighted by Crippen LogP contribution is -2.14. The first-order valence-electron chi connectivity index (χ1n) is 12.4. The maximum absolute atomic E-state index is 12.6. The van der Waals surface area contributed by atoms with E-state index in [1.807, 2.05) is 60.1 Å². The Morgan fingerprint density at radius 3 is 2.64 bits per heavy atom. The second kappa shape index (κ2) is 9.62. The zero-order chi connectivity index (χ0) is 26.2. The summed E-state index contributed by atoms with van der Waals surface area (Å²) in [6.07, 6.45) is 7.37. The molecule has 9 heteroatoms. The first-order valence-corrected chi connectivity index (χ1v) is 13.3. The topological polar surface area (TPSA) is 112 Å². The number of H-pyrrole nitrogens is 2.